The van der Waals surface area contributed by atoms with Gasteiger partial charge in [0.1, 0.15) is 12.2 Å². The third kappa shape index (κ3) is 6.97. The maximum absolute atomic E-state index is 13.3. The van der Waals surface area contributed by atoms with Gasteiger partial charge in [-0.15, -0.1) is 5.10 Å². The van der Waals surface area contributed by atoms with Crippen LogP contribution in [0.25, 0.3) is 23.0 Å². The standard InChI is InChI=1S/C27H27ClN10O4/c1-42-27(41)32-18-12-19-26(21-14-30-23(33-21)8-10-29-9-2-3-24(39)34-19)20(13-18)35-25(40)7-4-16-11-17(28)5-6-22(16)38-15-31-36-37-38/h4-7,11-15,29H,2-3,8-10H2,1H3,(H,30,33)(H,32,41)(H,34,39)(H,35,40). The molecule has 0 spiro atoms. The molecule has 2 aromatic heterocycles. The minimum atomic E-state index is -0.714. The number of rotatable bonds is 5. The summed E-state index contributed by atoms with van der Waals surface area (Å²) in [6.07, 6.45) is 6.81. The van der Waals surface area contributed by atoms with Crippen molar-refractivity contribution in [2.24, 2.45) is 0 Å². The Bertz CT molecular complexity index is 1630. The van der Waals surface area contributed by atoms with Crippen LogP contribution in [0.5, 0.6) is 0 Å². The Morgan fingerprint density at radius 1 is 1.14 bits per heavy atom. The van der Waals surface area contributed by atoms with Crippen LogP contribution in [0, 0.1) is 0 Å². The molecule has 2 aromatic carbocycles. The molecule has 4 aromatic rings. The van der Waals surface area contributed by atoms with Crippen molar-refractivity contribution in [2.45, 2.75) is 19.3 Å². The van der Waals surface area contributed by atoms with E-state index in [4.69, 9.17) is 16.3 Å². The monoisotopic (exact) mass is 590 g/mol. The van der Waals surface area contributed by atoms with E-state index in [1.807, 2.05) is 0 Å². The summed E-state index contributed by atoms with van der Waals surface area (Å²) in [7, 11) is 1.24. The number of hydrogen-bond acceptors (Lipinski definition) is 9. The molecule has 3 heterocycles. The third-order valence-corrected chi connectivity index (χ3v) is 6.53. The number of halogens is 1. The van der Waals surface area contributed by atoms with E-state index >= 15 is 0 Å². The second-order valence-corrected chi connectivity index (χ2v) is 9.67. The summed E-state index contributed by atoms with van der Waals surface area (Å²) in [6.45, 7) is 1.36. The number of aromatic nitrogens is 6. The van der Waals surface area contributed by atoms with E-state index in [0.29, 0.717) is 70.5 Å². The molecule has 216 valence electrons. The van der Waals surface area contributed by atoms with Gasteiger partial charge in [-0.3, -0.25) is 14.9 Å². The minimum Gasteiger partial charge on any atom is -0.453 e. The van der Waals surface area contributed by atoms with Crippen molar-refractivity contribution in [2.75, 3.05) is 36.1 Å². The van der Waals surface area contributed by atoms with Gasteiger partial charge in [0.15, 0.2) is 0 Å². The molecule has 0 atom stereocenters. The van der Waals surface area contributed by atoms with Crippen LogP contribution in [-0.4, -0.2) is 68.3 Å². The van der Waals surface area contributed by atoms with E-state index in [1.165, 1.54) is 24.2 Å². The molecule has 14 nitrogen and oxygen atoms in total. The quantitative estimate of drug-likeness (QED) is 0.218. The Labute approximate surface area is 244 Å². The lowest BCUT2D eigenvalue weighted by Gasteiger charge is -2.18. The molecule has 1 aliphatic rings. The van der Waals surface area contributed by atoms with Gasteiger partial charge in [-0.1, -0.05) is 11.6 Å². The average molecular weight is 591 g/mol. The summed E-state index contributed by atoms with van der Waals surface area (Å²) in [5, 5.41) is 23.4. The summed E-state index contributed by atoms with van der Waals surface area (Å²) in [5.41, 5.74) is 3.23. The number of aromatic amines is 1. The van der Waals surface area contributed by atoms with Crippen molar-refractivity contribution in [1.82, 2.24) is 35.5 Å². The highest BCUT2D eigenvalue weighted by atomic mass is 35.5. The SMILES string of the molecule is COC(=O)Nc1cc(NC(=O)C=Cc2cc(Cl)ccc2-n2cnnn2)c2c(c1)NC(=O)CCCNCCc1ncc-2[nH]1. The first-order valence-electron chi connectivity index (χ1n) is 13.0. The van der Waals surface area contributed by atoms with Crippen LogP contribution in [0.2, 0.25) is 5.02 Å². The van der Waals surface area contributed by atoms with Crippen LogP contribution in [0.3, 0.4) is 0 Å². The molecule has 5 rings (SSSR count). The Morgan fingerprint density at radius 2 is 2.02 bits per heavy atom. The number of ether oxygens (including phenoxy) is 1. The van der Waals surface area contributed by atoms with E-state index in [2.05, 4.69) is 46.8 Å². The first-order valence-corrected chi connectivity index (χ1v) is 13.4. The van der Waals surface area contributed by atoms with E-state index in [9.17, 15) is 14.4 Å². The number of imidazole rings is 1. The highest BCUT2D eigenvalue weighted by Gasteiger charge is 2.20. The number of H-pyrrole nitrogens is 1. The van der Waals surface area contributed by atoms with Gasteiger partial charge in [0, 0.05) is 47.3 Å². The molecule has 0 aliphatic carbocycles. The molecule has 0 radical (unpaired) electrons. The lowest BCUT2D eigenvalue weighted by atomic mass is 10.0. The van der Waals surface area contributed by atoms with Crippen LogP contribution >= 0.6 is 11.6 Å². The fraction of sp³-hybridized carbons (Fsp3) is 0.222. The summed E-state index contributed by atoms with van der Waals surface area (Å²) in [4.78, 5) is 45.9. The number of carbonyl (C=O) groups is 3. The molecule has 1 aliphatic heterocycles. The highest BCUT2D eigenvalue weighted by Crippen LogP contribution is 2.38. The van der Waals surface area contributed by atoms with Crippen LogP contribution in [0.4, 0.5) is 21.9 Å². The maximum Gasteiger partial charge on any atom is 0.411 e. The molecule has 5 N–H and O–H groups in total. The van der Waals surface area contributed by atoms with Gasteiger partial charge in [0.2, 0.25) is 11.8 Å². The Morgan fingerprint density at radius 3 is 2.83 bits per heavy atom. The summed E-state index contributed by atoms with van der Waals surface area (Å²) in [6, 6.07) is 8.26. The number of fused-ring (bicyclic) bond motifs is 4. The van der Waals surface area contributed by atoms with Gasteiger partial charge in [-0.05, 0) is 59.8 Å². The fourth-order valence-electron chi connectivity index (χ4n) is 4.38. The number of tetrazole rings is 1. The van der Waals surface area contributed by atoms with Crippen molar-refractivity contribution in [1.29, 1.82) is 0 Å². The normalized spacial score (nSPS) is 13.7. The molecule has 0 fully saturated rings. The number of benzene rings is 2. The van der Waals surface area contributed by atoms with E-state index < -0.39 is 12.0 Å². The van der Waals surface area contributed by atoms with Crippen LogP contribution in [-0.2, 0) is 20.7 Å². The van der Waals surface area contributed by atoms with Gasteiger partial charge in [0.25, 0.3) is 0 Å². The predicted molar refractivity (Wildman–Crippen MR) is 156 cm³/mol. The zero-order chi connectivity index (χ0) is 29.5. The molecule has 2 bridgehead atoms. The van der Waals surface area contributed by atoms with E-state index in [0.717, 1.165) is 5.82 Å². The van der Waals surface area contributed by atoms with Crippen molar-refractivity contribution < 1.29 is 19.1 Å². The lowest BCUT2D eigenvalue weighted by Crippen LogP contribution is -2.21. The lowest BCUT2D eigenvalue weighted by molar-refractivity contribution is -0.116. The summed E-state index contributed by atoms with van der Waals surface area (Å²) in [5.74, 6) is 0.0211. The zero-order valence-electron chi connectivity index (χ0n) is 22.5. The van der Waals surface area contributed by atoms with Crippen LogP contribution in [0.1, 0.15) is 24.2 Å². The Hall–Kier alpha value is -5.08. The average Bonchev–Trinajstić information content (AvgIpc) is 3.66. The smallest absolute Gasteiger partial charge is 0.411 e. The highest BCUT2D eigenvalue weighted by molar-refractivity contribution is 6.30. The van der Waals surface area contributed by atoms with Crippen molar-refractivity contribution in [3.05, 3.63) is 65.3 Å². The second-order valence-electron chi connectivity index (χ2n) is 9.24. The van der Waals surface area contributed by atoms with E-state index in [-0.39, 0.29) is 12.3 Å². The Kier molecular flexibility index (Phi) is 8.84. The summed E-state index contributed by atoms with van der Waals surface area (Å²) < 4.78 is 6.19. The number of methoxy groups -OCH3 is 1. The molecule has 0 saturated carbocycles. The number of carbonyl (C=O) groups excluding carboxylic acids is 3. The van der Waals surface area contributed by atoms with Gasteiger partial charge < -0.3 is 25.7 Å². The van der Waals surface area contributed by atoms with Crippen molar-refractivity contribution >= 4 is 52.6 Å². The molecular formula is C27H27ClN10O4. The van der Waals surface area contributed by atoms with Gasteiger partial charge in [-0.2, -0.15) is 4.68 Å². The molecule has 0 unspecified atom stereocenters. The number of nitrogens with zero attached hydrogens (tertiary/aromatic N) is 5. The molecule has 3 amide bonds. The van der Waals surface area contributed by atoms with Gasteiger partial charge >= 0.3 is 6.09 Å². The topological polar surface area (TPSA) is 181 Å². The molecule has 42 heavy (non-hydrogen) atoms. The second kappa shape index (κ2) is 13.1. The zero-order valence-corrected chi connectivity index (χ0v) is 23.2. The molecular weight excluding hydrogens is 564 g/mol. The number of amides is 3. The van der Waals surface area contributed by atoms with Crippen molar-refractivity contribution in [3.63, 3.8) is 0 Å². The third-order valence-electron chi connectivity index (χ3n) is 6.30. The number of nitrogens with one attached hydrogen (secondary N) is 5. The fourth-order valence-corrected chi connectivity index (χ4v) is 4.57. The molecule has 0 saturated heterocycles. The van der Waals surface area contributed by atoms with Crippen molar-refractivity contribution in [3.8, 4) is 16.9 Å². The summed E-state index contributed by atoms with van der Waals surface area (Å²) >= 11 is 6.20. The largest absolute Gasteiger partial charge is 0.453 e. The first kappa shape index (κ1) is 28.4. The minimum absolute atomic E-state index is 0.222. The first-order chi connectivity index (χ1) is 20.4. The Balaban J connectivity index is 1.53. The van der Waals surface area contributed by atoms with E-state index in [1.54, 1.807) is 42.6 Å². The molecule has 15 heteroatoms. The maximum atomic E-state index is 13.3. The number of anilines is 3. The predicted octanol–water partition coefficient (Wildman–Crippen LogP) is 3.40. The van der Waals surface area contributed by atoms with Gasteiger partial charge in [-0.25, -0.2) is 9.78 Å². The van der Waals surface area contributed by atoms with Crippen LogP contribution in [0.15, 0.2) is 48.9 Å². The van der Waals surface area contributed by atoms with Crippen LogP contribution < -0.4 is 21.3 Å². The van der Waals surface area contributed by atoms with Gasteiger partial charge in [0.05, 0.1) is 36.1 Å². The number of hydrogen-bond donors (Lipinski definition) is 5.